The molecule has 0 aliphatic heterocycles. The topological polar surface area (TPSA) is 20.2 Å². The van der Waals surface area contributed by atoms with E-state index in [1.807, 2.05) is 0 Å². The van der Waals surface area contributed by atoms with Crippen LogP contribution < -0.4 is 0 Å². The molecular formula is C16H24O. The lowest BCUT2D eigenvalue weighted by Crippen LogP contribution is -2.22. The SMILES string of the molecule is CCC(C)C(O)CC1CCCc2ccccc21. The highest BCUT2D eigenvalue weighted by Crippen LogP contribution is 2.35. The van der Waals surface area contributed by atoms with Crippen LogP contribution in [-0.4, -0.2) is 11.2 Å². The van der Waals surface area contributed by atoms with Crippen molar-refractivity contribution in [2.45, 2.75) is 58.0 Å². The Labute approximate surface area is 105 Å². The molecule has 0 amide bonds. The molecule has 1 aliphatic carbocycles. The van der Waals surface area contributed by atoms with E-state index in [0.717, 1.165) is 12.8 Å². The van der Waals surface area contributed by atoms with Crippen molar-refractivity contribution in [1.29, 1.82) is 0 Å². The third-order valence-electron chi connectivity index (χ3n) is 4.32. The zero-order chi connectivity index (χ0) is 12.3. The molecule has 2 rings (SSSR count). The Morgan fingerprint density at radius 3 is 2.88 bits per heavy atom. The monoisotopic (exact) mass is 232 g/mol. The number of aliphatic hydroxyl groups excluding tert-OH is 1. The van der Waals surface area contributed by atoms with Gasteiger partial charge in [0.2, 0.25) is 0 Å². The normalized spacial score (nSPS) is 22.9. The molecule has 3 atom stereocenters. The van der Waals surface area contributed by atoms with Crippen LogP contribution in [0.4, 0.5) is 0 Å². The van der Waals surface area contributed by atoms with Gasteiger partial charge in [0.25, 0.3) is 0 Å². The summed E-state index contributed by atoms with van der Waals surface area (Å²) < 4.78 is 0. The molecule has 0 radical (unpaired) electrons. The molecule has 1 aromatic carbocycles. The molecule has 1 heteroatoms. The Kier molecular flexibility index (Phi) is 4.22. The van der Waals surface area contributed by atoms with Crippen LogP contribution in [0.5, 0.6) is 0 Å². The minimum Gasteiger partial charge on any atom is -0.393 e. The van der Waals surface area contributed by atoms with Gasteiger partial charge in [-0.1, -0.05) is 44.5 Å². The Balaban J connectivity index is 2.08. The lowest BCUT2D eigenvalue weighted by molar-refractivity contribution is 0.0956. The van der Waals surface area contributed by atoms with Crippen molar-refractivity contribution >= 4 is 0 Å². The average Bonchev–Trinajstić information content (AvgIpc) is 2.38. The van der Waals surface area contributed by atoms with E-state index in [2.05, 4.69) is 38.1 Å². The van der Waals surface area contributed by atoms with Gasteiger partial charge in [0, 0.05) is 0 Å². The fraction of sp³-hybridized carbons (Fsp3) is 0.625. The molecule has 0 fully saturated rings. The molecular weight excluding hydrogens is 208 g/mol. The van der Waals surface area contributed by atoms with Gasteiger partial charge < -0.3 is 5.11 Å². The van der Waals surface area contributed by atoms with Gasteiger partial charge in [-0.05, 0) is 48.6 Å². The molecule has 1 nitrogen and oxygen atoms in total. The van der Waals surface area contributed by atoms with Crippen LogP contribution in [0.25, 0.3) is 0 Å². The predicted molar refractivity (Wildman–Crippen MR) is 72.2 cm³/mol. The minimum atomic E-state index is -0.142. The number of hydrogen-bond acceptors (Lipinski definition) is 1. The van der Waals surface area contributed by atoms with Crippen LogP contribution >= 0.6 is 0 Å². The number of rotatable bonds is 4. The molecule has 0 spiro atoms. The smallest absolute Gasteiger partial charge is 0.0571 e. The molecule has 17 heavy (non-hydrogen) atoms. The van der Waals surface area contributed by atoms with E-state index in [9.17, 15) is 5.11 Å². The molecule has 1 aliphatic rings. The van der Waals surface area contributed by atoms with Gasteiger partial charge in [-0.2, -0.15) is 0 Å². The maximum atomic E-state index is 10.2. The van der Waals surface area contributed by atoms with Gasteiger partial charge in [-0.15, -0.1) is 0 Å². The number of hydrogen-bond donors (Lipinski definition) is 1. The quantitative estimate of drug-likeness (QED) is 0.834. The number of aryl methyl sites for hydroxylation is 1. The zero-order valence-corrected chi connectivity index (χ0v) is 11.0. The van der Waals surface area contributed by atoms with Crippen molar-refractivity contribution < 1.29 is 5.11 Å². The molecule has 0 bridgehead atoms. The van der Waals surface area contributed by atoms with Gasteiger partial charge in [0.05, 0.1) is 6.10 Å². The molecule has 0 aromatic heterocycles. The van der Waals surface area contributed by atoms with E-state index in [-0.39, 0.29) is 6.10 Å². The molecule has 1 N–H and O–H groups in total. The maximum absolute atomic E-state index is 10.2. The summed E-state index contributed by atoms with van der Waals surface area (Å²) >= 11 is 0. The lowest BCUT2D eigenvalue weighted by atomic mass is 9.78. The van der Waals surface area contributed by atoms with Gasteiger partial charge in [-0.3, -0.25) is 0 Å². The number of benzene rings is 1. The first-order chi connectivity index (χ1) is 8.22. The van der Waals surface area contributed by atoms with Crippen LogP contribution in [0.1, 0.15) is 56.6 Å². The first-order valence-electron chi connectivity index (χ1n) is 6.98. The third-order valence-corrected chi connectivity index (χ3v) is 4.32. The fourth-order valence-electron chi connectivity index (χ4n) is 2.90. The fourth-order valence-corrected chi connectivity index (χ4v) is 2.90. The van der Waals surface area contributed by atoms with Gasteiger partial charge in [-0.25, -0.2) is 0 Å². The summed E-state index contributed by atoms with van der Waals surface area (Å²) in [6, 6.07) is 8.76. The van der Waals surface area contributed by atoms with E-state index in [1.54, 1.807) is 0 Å². The standard InChI is InChI=1S/C16H24O/c1-3-12(2)16(17)11-14-9-6-8-13-7-4-5-10-15(13)14/h4-5,7,10,12,14,16-17H,3,6,8-9,11H2,1-2H3. The molecule has 3 unspecified atom stereocenters. The zero-order valence-electron chi connectivity index (χ0n) is 11.0. The second-order valence-electron chi connectivity index (χ2n) is 5.48. The summed E-state index contributed by atoms with van der Waals surface area (Å²) in [4.78, 5) is 0. The van der Waals surface area contributed by atoms with Crippen LogP contribution in [0.3, 0.4) is 0 Å². The Bertz CT molecular complexity index is 358. The lowest BCUT2D eigenvalue weighted by Gasteiger charge is -2.29. The van der Waals surface area contributed by atoms with Crippen molar-refractivity contribution in [2.75, 3.05) is 0 Å². The molecule has 1 aromatic rings. The number of fused-ring (bicyclic) bond motifs is 1. The van der Waals surface area contributed by atoms with E-state index in [1.165, 1.54) is 30.4 Å². The molecule has 0 saturated heterocycles. The van der Waals surface area contributed by atoms with Crippen LogP contribution in [0.2, 0.25) is 0 Å². The molecule has 0 saturated carbocycles. The largest absolute Gasteiger partial charge is 0.393 e. The van der Waals surface area contributed by atoms with Crippen LogP contribution in [-0.2, 0) is 6.42 Å². The van der Waals surface area contributed by atoms with E-state index in [4.69, 9.17) is 0 Å². The highest BCUT2D eigenvalue weighted by atomic mass is 16.3. The van der Waals surface area contributed by atoms with Crippen LogP contribution in [0, 0.1) is 5.92 Å². The first-order valence-corrected chi connectivity index (χ1v) is 6.98. The summed E-state index contributed by atoms with van der Waals surface area (Å²) in [5.74, 6) is 0.994. The average molecular weight is 232 g/mol. The van der Waals surface area contributed by atoms with Crippen molar-refractivity contribution in [3.05, 3.63) is 35.4 Å². The molecule has 0 heterocycles. The number of aliphatic hydroxyl groups is 1. The second kappa shape index (κ2) is 5.68. The Hall–Kier alpha value is -0.820. The minimum absolute atomic E-state index is 0.142. The molecule has 94 valence electrons. The summed E-state index contributed by atoms with van der Waals surface area (Å²) in [5, 5.41) is 10.2. The maximum Gasteiger partial charge on any atom is 0.0571 e. The van der Waals surface area contributed by atoms with Gasteiger partial charge in [0.15, 0.2) is 0 Å². The van der Waals surface area contributed by atoms with Crippen molar-refractivity contribution in [3.63, 3.8) is 0 Å². The second-order valence-corrected chi connectivity index (χ2v) is 5.48. The van der Waals surface area contributed by atoms with Crippen molar-refractivity contribution in [2.24, 2.45) is 5.92 Å². The first kappa shape index (κ1) is 12.6. The van der Waals surface area contributed by atoms with E-state index in [0.29, 0.717) is 11.8 Å². The van der Waals surface area contributed by atoms with Crippen LogP contribution in [0.15, 0.2) is 24.3 Å². The summed E-state index contributed by atoms with van der Waals surface area (Å²) in [6.07, 6.45) is 5.59. The third kappa shape index (κ3) is 2.90. The van der Waals surface area contributed by atoms with Gasteiger partial charge in [0.1, 0.15) is 0 Å². The summed E-state index contributed by atoms with van der Waals surface area (Å²) in [7, 11) is 0. The van der Waals surface area contributed by atoms with Crippen molar-refractivity contribution in [3.8, 4) is 0 Å². The highest BCUT2D eigenvalue weighted by molar-refractivity contribution is 5.32. The summed E-state index contributed by atoms with van der Waals surface area (Å²) in [6.45, 7) is 4.31. The Morgan fingerprint density at radius 1 is 1.35 bits per heavy atom. The Morgan fingerprint density at radius 2 is 2.12 bits per heavy atom. The summed E-state index contributed by atoms with van der Waals surface area (Å²) in [5.41, 5.74) is 2.99. The van der Waals surface area contributed by atoms with Gasteiger partial charge >= 0.3 is 0 Å². The van der Waals surface area contributed by atoms with Crippen molar-refractivity contribution in [1.82, 2.24) is 0 Å². The predicted octanol–water partition coefficient (Wildman–Crippen LogP) is 3.90. The highest BCUT2D eigenvalue weighted by Gasteiger charge is 2.24. The van der Waals surface area contributed by atoms with E-state index >= 15 is 0 Å². The van der Waals surface area contributed by atoms with E-state index < -0.39 is 0 Å².